The second-order valence-corrected chi connectivity index (χ2v) is 4.16. The molecule has 5 heteroatoms. The highest BCUT2D eigenvalue weighted by Crippen LogP contribution is 2.36. The summed E-state index contributed by atoms with van der Waals surface area (Å²) in [4.78, 5) is 1.99. The molecule has 6 atom stereocenters. The lowest BCUT2D eigenvalue weighted by molar-refractivity contribution is -0.0652. The molecule has 6 unspecified atom stereocenters. The van der Waals surface area contributed by atoms with Gasteiger partial charge >= 0.3 is 0 Å². The van der Waals surface area contributed by atoms with Crippen LogP contribution in [0.5, 0.6) is 0 Å². The summed E-state index contributed by atoms with van der Waals surface area (Å²) < 4.78 is 5.38. The van der Waals surface area contributed by atoms with Crippen LogP contribution in [0.25, 0.3) is 0 Å². The molecule has 0 aromatic carbocycles. The number of aliphatic hydroxyl groups excluding tert-OH is 3. The molecule has 2 aliphatic rings. The molecule has 0 amide bonds. The van der Waals surface area contributed by atoms with Crippen molar-refractivity contribution >= 4 is 0 Å². The third-order valence-electron chi connectivity index (χ3n) is 3.36. The quantitative estimate of drug-likeness (QED) is 0.477. The zero-order valence-electron chi connectivity index (χ0n) is 8.37. The minimum absolute atomic E-state index is 0.259. The first-order valence-corrected chi connectivity index (χ1v) is 4.97. The number of aliphatic hydroxyl groups is 3. The van der Waals surface area contributed by atoms with Crippen molar-refractivity contribution in [3.63, 3.8) is 0 Å². The van der Waals surface area contributed by atoms with Crippen LogP contribution in [0, 0.1) is 0 Å². The van der Waals surface area contributed by atoms with Crippen molar-refractivity contribution in [1.29, 1.82) is 0 Å². The van der Waals surface area contributed by atoms with E-state index in [4.69, 9.17) is 9.84 Å². The van der Waals surface area contributed by atoms with Gasteiger partial charge in [-0.25, -0.2) is 0 Å². The number of nitrogens with zero attached hydrogens (tertiary/aromatic N) is 1. The molecule has 5 nitrogen and oxygen atoms in total. The minimum Gasteiger partial charge on any atom is -0.394 e. The van der Waals surface area contributed by atoms with Gasteiger partial charge in [0, 0.05) is 12.1 Å². The molecule has 2 rings (SSSR count). The summed E-state index contributed by atoms with van der Waals surface area (Å²) in [6.07, 6.45) is -3.02. The Hall–Kier alpha value is -0.200. The van der Waals surface area contributed by atoms with Crippen LogP contribution >= 0.6 is 0 Å². The predicted molar refractivity (Wildman–Crippen MR) is 48.5 cm³/mol. The maximum absolute atomic E-state index is 9.68. The first-order valence-electron chi connectivity index (χ1n) is 4.97. The van der Waals surface area contributed by atoms with Gasteiger partial charge in [-0.15, -0.1) is 0 Å². The van der Waals surface area contributed by atoms with Crippen molar-refractivity contribution in [2.75, 3.05) is 6.61 Å². The van der Waals surface area contributed by atoms with Gasteiger partial charge in [0.15, 0.2) is 0 Å². The summed E-state index contributed by atoms with van der Waals surface area (Å²) >= 11 is 0. The van der Waals surface area contributed by atoms with Gasteiger partial charge in [-0.05, 0) is 13.8 Å². The normalized spacial score (nSPS) is 57.6. The molecular formula is C9H17NO4. The average Bonchev–Trinajstić information content (AvgIpc) is 2.64. The van der Waals surface area contributed by atoms with Crippen LogP contribution in [0.3, 0.4) is 0 Å². The SMILES string of the molecule is CC1C(C)N1C1OC(CO)C(O)C1O. The van der Waals surface area contributed by atoms with E-state index in [0.717, 1.165) is 0 Å². The Morgan fingerprint density at radius 1 is 1.14 bits per heavy atom. The minimum atomic E-state index is -0.981. The first-order chi connectivity index (χ1) is 6.57. The van der Waals surface area contributed by atoms with Crippen LogP contribution in [0.2, 0.25) is 0 Å². The van der Waals surface area contributed by atoms with E-state index in [2.05, 4.69) is 0 Å². The van der Waals surface area contributed by atoms with Crippen LogP contribution in [-0.2, 0) is 4.74 Å². The highest BCUT2D eigenvalue weighted by molar-refractivity contribution is 5.03. The van der Waals surface area contributed by atoms with E-state index in [1.807, 2.05) is 18.7 Å². The molecule has 0 bridgehead atoms. The molecule has 2 fully saturated rings. The molecule has 3 N–H and O–H groups in total. The van der Waals surface area contributed by atoms with E-state index >= 15 is 0 Å². The van der Waals surface area contributed by atoms with Crippen molar-refractivity contribution in [2.45, 2.75) is 50.5 Å². The Kier molecular flexibility index (Phi) is 2.53. The Bertz CT molecular complexity index is 217. The topological polar surface area (TPSA) is 72.9 Å². The lowest BCUT2D eigenvalue weighted by atomic mass is 10.1. The van der Waals surface area contributed by atoms with Gasteiger partial charge in [0.2, 0.25) is 0 Å². The second kappa shape index (κ2) is 3.43. The van der Waals surface area contributed by atoms with Crippen LogP contribution in [0.1, 0.15) is 13.8 Å². The molecule has 0 spiro atoms. The van der Waals surface area contributed by atoms with Gasteiger partial charge in [-0.2, -0.15) is 0 Å². The van der Waals surface area contributed by atoms with Crippen LogP contribution in [-0.4, -0.2) is 63.4 Å². The van der Waals surface area contributed by atoms with Crippen molar-refractivity contribution in [3.05, 3.63) is 0 Å². The summed E-state index contributed by atoms with van der Waals surface area (Å²) in [6.45, 7) is 3.82. The zero-order valence-corrected chi connectivity index (χ0v) is 8.37. The van der Waals surface area contributed by atoms with Crippen molar-refractivity contribution < 1.29 is 20.1 Å². The second-order valence-electron chi connectivity index (χ2n) is 4.16. The van der Waals surface area contributed by atoms with Gasteiger partial charge in [0.05, 0.1) is 6.61 Å². The van der Waals surface area contributed by atoms with E-state index in [0.29, 0.717) is 12.1 Å². The van der Waals surface area contributed by atoms with E-state index in [1.54, 1.807) is 0 Å². The maximum Gasteiger partial charge on any atom is 0.140 e. The van der Waals surface area contributed by atoms with E-state index in [1.165, 1.54) is 0 Å². The number of ether oxygens (including phenoxy) is 1. The van der Waals surface area contributed by atoms with Crippen LogP contribution < -0.4 is 0 Å². The summed E-state index contributed by atoms with van der Waals surface area (Å²) in [5.74, 6) is 0. The molecule has 82 valence electrons. The Labute approximate surface area is 82.9 Å². The molecule has 0 aromatic heterocycles. The molecule has 0 saturated carbocycles. The van der Waals surface area contributed by atoms with E-state index in [-0.39, 0.29) is 6.61 Å². The molecule has 0 aliphatic carbocycles. The number of hydrogen-bond donors (Lipinski definition) is 3. The highest BCUT2D eigenvalue weighted by Gasteiger charge is 2.54. The summed E-state index contributed by atoms with van der Waals surface area (Å²) in [5.41, 5.74) is 0. The van der Waals surface area contributed by atoms with Crippen molar-refractivity contribution in [2.24, 2.45) is 0 Å². The van der Waals surface area contributed by atoms with Gasteiger partial charge in [0.1, 0.15) is 24.5 Å². The van der Waals surface area contributed by atoms with Gasteiger partial charge in [-0.1, -0.05) is 0 Å². The fourth-order valence-electron chi connectivity index (χ4n) is 2.12. The lowest BCUT2D eigenvalue weighted by Crippen LogP contribution is -2.37. The third-order valence-corrected chi connectivity index (χ3v) is 3.36. The molecule has 2 heterocycles. The first kappa shape index (κ1) is 10.3. The summed E-state index contributed by atoms with van der Waals surface area (Å²) in [7, 11) is 0. The molecule has 0 aromatic rings. The van der Waals surface area contributed by atoms with E-state index in [9.17, 15) is 10.2 Å². The van der Waals surface area contributed by atoms with E-state index < -0.39 is 24.5 Å². The number of rotatable bonds is 2. The molecule has 0 radical (unpaired) electrons. The summed E-state index contributed by atoms with van der Waals surface area (Å²) in [6, 6.07) is 0.749. The Morgan fingerprint density at radius 3 is 2.07 bits per heavy atom. The standard InChI is InChI=1S/C9H17NO4/c1-4-5(2)10(4)9-8(13)7(12)6(3-11)14-9/h4-9,11-13H,3H2,1-2H3. The maximum atomic E-state index is 9.68. The van der Waals surface area contributed by atoms with Crippen molar-refractivity contribution in [3.8, 4) is 0 Å². The van der Waals surface area contributed by atoms with Crippen molar-refractivity contribution in [1.82, 2.24) is 4.90 Å². The summed E-state index contributed by atoms with van der Waals surface area (Å²) in [5, 5.41) is 28.1. The third kappa shape index (κ3) is 1.36. The fourth-order valence-corrected chi connectivity index (χ4v) is 2.12. The average molecular weight is 203 g/mol. The highest BCUT2D eigenvalue weighted by atomic mass is 16.6. The zero-order chi connectivity index (χ0) is 10.5. The van der Waals surface area contributed by atoms with Gasteiger partial charge in [-0.3, -0.25) is 4.90 Å². The largest absolute Gasteiger partial charge is 0.394 e. The van der Waals surface area contributed by atoms with Crippen LogP contribution in [0.4, 0.5) is 0 Å². The smallest absolute Gasteiger partial charge is 0.140 e. The monoisotopic (exact) mass is 203 g/mol. The van der Waals surface area contributed by atoms with Gasteiger partial charge in [0.25, 0.3) is 0 Å². The molecule has 2 saturated heterocycles. The molecule has 2 aliphatic heterocycles. The number of hydrogen-bond acceptors (Lipinski definition) is 5. The lowest BCUT2D eigenvalue weighted by Gasteiger charge is -2.16. The molecule has 14 heavy (non-hydrogen) atoms. The Morgan fingerprint density at radius 2 is 1.71 bits per heavy atom. The van der Waals surface area contributed by atoms with Crippen LogP contribution in [0.15, 0.2) is 0 Å². The predicted octanol–water partition coefficient (Wildman–Crippen LogP) is -1.48. The van der Waals surface area contributed by atoms with Gasteiger partial charge < -0.3 is 20.1 Å². The fraction of sp³-hybridized carbons (Fsp3) is 1.00. The molecular weight excluding hydrogens is 186 g/mol. The Balaban J connectivity index is 2.02.